The fourth-order valence-electron chi connectivity index (χ4n) is 2.05. The molecular weight excluding hydrogens is 216 g/mol. The van der Waals surface area contributed by atoms with Gasteiger partial charge in [0.15, 0.2) is 0 Å². The number of fused-ring (bicyclic) bond motifs is 1. The van der Waals surface area contributed by atoms with Crippen LogP contribution in [0.3, 0.4) is 0 Å². The highest BCUT2D eigenvalue weighted by atomic mass is 16.2. The molecule has 0 bridgehead atoms. The van der Waals surface area contributed by atoms with Crippen molar-refractivity contribution in [1.29, 1.82) is 0 Å². The fraction of sp³-hybridized carbons (Fsp3) is 0.385. The van der Waals surface area contributed by atoms with Gasteiger partial charge < -0.3 is 10.6 Å². The smallest absolute Gasteiger partial charge is 0.227 e. The van der Waals surface area contributed by atoms with Crippen LogP contribution in [0.25, 0.3) is 0 Å². The first kappa shape index (κ1) is 10.3. The van der Waals surface area contributed by atoms with Crippen LogP contribution >= 0.6 is 0 Å². The van der Waals surface area contributed by atoms with Crippen LogP contribution in [-0.2, 0) is 16.0 Å². The van der Waals surface area contributed by atoms with Gasteiger partial charge in [0.05, 0.1) is 0 Å². The molecule has 0 aromatic heterocycles. The van der Waals surface area contributed by atoms with E-state index in [1.807, 2.05) is 18.2 Å². The van der Waals surface area contributed by atoms with Gasteiger partial charge in [-0.25, -0.2) is 0 Å². The van der Waals surface area contributed by atoms with Crippen LogP contribution in [0.2, 0.25) is 0 Å². The monoisotopic (exact) mass is 230 g/mol. The number of anilines is 2. The molecule has 1 aliphatic carbocycles. The molecule has 2 amide bonds. The van der Waals surface area contributed by atoms with Gasteiger partial charge in [0.2, 0.25) is 11.8 Å². The van der Waals surface area contributed by atoms with E-state index >= 15 is 0 Å². The minimum atomic E-state index is 0.0623. The molecule has 1 aromatic carbocycles. The van der Waals surface area contributed by atoms with Crippen molar-refractivity contribution in [3.63, 3.8) is 0 Å². The number of amides is 2. The number of aryl methyl sites for hydroxylation is 1. The lowest BCUT2D eigenvalue weighted by atomic mass is 10.0. The molecule has 1 heterocycles. The standard InChI is InChI=1S/C13H14N2O2/c16-12-6-3-9-7-10(4-5-11(9)15-12)14-13(17)8-1-2-8/h4-5,7-8H,1-3,6H2,(H,14,17)(H,15,16). The van der Waals surface area contributed by atoms with Crippen molar-refractivity contribution in [2.75, 3.05) is 10.6 Å². The lowest BCUT2D eigenvalue weighted by Crippen LogP contribution is -2.19. The Kier molecular flexibility index (Phi) is 2.35. The van der Waals surface area contributed by atoms with Gasteiger partial charge in [-0.05, 0) is 43.0 Å². The lowest BCUT2D eigenvalue weighted by molar-refractivity contribution is -0.117. The van der Waals surface area contributed by atoms with E-state index in [9.17, 15) is 9.59 Å². The first-order valence-corrected chi connectivity index (χ1v) is 5.96. The third-order valence-corrected chi connectivity index (χ3v) is 3.22. The summed E-state index contributed by atoms with van der Waals surface area (Å²) in [4.78, 5) is 22.8. The quantitative estimate of drug-likeness (QED) is 0.815. The summed E-state index contributed by atoms with van der Waals surface area (Å²) in [5.41, 5.74) is 2.79. The number of benzene rings is 1. The second kappa shape index (κ2) is 3.87. The van der Waals surface area contributed by atoms with E-state index in [0.717, 1.165) is 36.2 Å². The summed E-state index contributed by atoms with van der Waals surface area (Å²) < 4.78 is 0. The first-order valence-electron chi connectivity index (χ1n) is 5.96. The van der Waals surface area contributed by atoms with Gasteiger partial charge in [0, 0.05) is 23.7 Å². The van der Waals surface area contributed by atoms with E-state index in [1.165, 1.54) is 0 Å². The van der Waals surface area contributed by atoms with E-state index < -0.39 is 0 Å². The van der Waals surface area contributed by atoms with Crippen LogP contribution in [-0.4, -0.2) is 11.8 Å². The zero-order chi connectivity index (χ0) is 11.8. The summed E-state index contributed by atoms with van der Waals surface area (Å²) in [6, 6.07) is 5.65. The number of nitrogens with one attached hydrogen (secondary N) is 2. The summed E-state index contributed by atoms with van der Waals surface area (Å²) in [5.74, 6) is 0.391. The molecule has 3 rings (SSSR count). The predicted molar refractivity (Wildman–Crippen MR) is 64.7 cm³/mol. The Balaban J connectivity index is 1.78. The minimum absolute atomic E-state index is 0.0623. The first-order chi connectivity index (χ1) is 8.22. The lowest BCUT2D eigenvalue weighted by Gasteiger charge is -2.17. The fourth-order valence-corrected chi connectivity index (χ4v) is 2.05. The molecule has 1 fully saturated rings. The van der Waals surface area contributed by atoms with Crippen LogP contribution in [0, 0.1) is 5.92 Å². The van der Waals surface area contributed by atoms with Gasteiger partial charge in [0.25, 0.3) is 0 Å². The molecule has 0 radical (unpaired) electrons. The van der Waals surface area contributed by atoms with Crippen molar-refractivity contribution in [3.05, 3.63) is 23.8 Å². The third kappa shape index (κ3) is 2.16. The van der Waals surface area contributed by atoms with Gasteiger partial charge in [-0.15, -0.1) is 0 Å². The topological polar surface area (TPSA) is 58.2 Å². The second-order valence-corrected chi connectivity index (χ2v) is 4.68. The zero-order valence-electron chi connectivity index (χ0n) is 9.45. The van der Waals surface area contributed by atoms with E-state index in [1.54, 1.807) is 0 Å². The highest BCUT2D eigenvalue weighted by Gasteiger charge is 2.29. The Morgan fingerprint density at radius 2 is 2.12 bits per heavy atom. The molecule has 1 saturated carbocycles. The summed E-state index contributed by atoms with van der Waals surface area (Å²) in [6.07, 6.45) is 3.28. The molecule has 2 N–H and O–H groups in total. The average Bonchev–Trinajstić information content (AvgIpc) is 3.13. The van der Waals surface area contributed by atoms with Gasteiger partial charge in [-0.1, -0.05) is 0 Å². The Hall–Kier alpha value is -1.84. The highest BCUT2D eigenvalue weighted by molar-refractivity contribution is 5.96. The van der Waals surface area contributed by atoms with Crippen molar-refractivity contribution >= 4 is 23.2 Å². The Morgan fingerprint density at radius 1 is 1.29 bits per heavy atom. The number of hydrogen-bond acceptors (Lipinski definition) is 2. The predicted octanol–water partition coefficient (Wildman–Crippen LogP) is 1.92. The summed E-state index contributed by atoms with van der Waals surface area (Å²) in [7, 11) is 0. The average molecular weight is 230 g/mol. The summed E-state index contributed by atoms with van der Waals surface area (Å²) in [5, 5.41) is 5.74. The van der Waals surface area contributed by atoms with Crippen molar-refractivity contribution in [2.24, 2.45) is 5.92 Å². The molecule has 4 heteroatoms. The highest BCUT2D eigenvalue weighted by Crippen LogP contribution is 2.31. The van der Waals surface area contributed by atoms with Crippen LogP contribution in [0.1, 0.15) is 24.8 Å². The van der Waals surface area contributed by atoms with Crippen molar-refractivity contribution in [3.8, 4) is 0 Å². The molecule has 0 atom stereocenters. The Morgan fingerprint density at radius 3 is 2.88 bits per heavy atom. The largest absolute Gasteiger partial charge is 0.326 e. The van der Waals surface area contributed by atoms with Gasteiger partial charge in [0.1, 0.15) is 0 Å². The number of carbonyl (C=O) groups is 2. The number of hydrogen-bond donors (Lipinski definition) is 2. The summed E-state index contributed by atoms with van der Waals surface area (Å²) >= 11 is 0. The van der Waals surface area contributed by atoms with E-state index in [2.05, 4.69) is 10.6 Å². The SMILES string of the molecule is O=C1CCc2cc(NC(=O)C3CC3)ccc2N1. The van der Waals surface area contributed by atoms with Crippen LogP contribution in [0.4, 0.5) is 11.4 Å². The van der Waals surface area contributed by atoms with Gasteiger partial charge in [-0.3, -0.25) is 9.59 Å². The van der Waals surface area contributed by atoms with Crippen molar-refractivity contribution in [2.45, 2.75) is 25.7 Å². The normalized spacial score (nSPS) is 18.2. The summed E-state index contributed by atoms with van der Waals surface area (Å²) in [6.45, 7) is 0. The Bertz CT molecular complexity index is 492. The maximum Gasteiger partial charge on any atom is 0.227 e. The van der Waals surface area contributed by atoms with Crippen LogP contribution in [0.5, 0.6) is 0 Å². The van der Waals surface area contributed by atoms with E-state index in [0.29, 0.717) is 6.42 Å². The third-order valence-electron chi connectivity index (χ3n) is 3.22. The van der Waals surface area contributed by atoms with E-state index in [-0.39, 0.29) is 17.7 Å². The zero-order valence-corrected chi connectivity index (χ0v) is 9.45. The van der Waals surface area contributed by atoms with Crippen LogP contribution in [0.15, 0.2) is 18.2 Å². The minimum Gasteiger partial charge on any atom is -0.326 e. The molecule has 0 spiro atoms. The van der Waals surface area contributed by atoms with Gasteiger partial charge in [-0.2, -0.15) is 0 Å². The molecular formula is C13H14N2O2. The van der Waals surface area contributed by atoms with E-state index in [4.69, 9.17) is 0 Å². The van der Waals surface area contributed by atoms with Gasteiger partial charge >= 0.3 is 0 Å². The second-order valence-electron chi connectivity index (χ2n) is 4.68. The Labute approximate surface area is 99.4 Å². The molecule has 1 aliphatic heterocycles. The van der Waals surface area contributed by atoms with Crippen molar-refractivity contribution in [1.82, 2.24) is 0 Å². The molecule has 17 heavy (non-hydrogen) atoms. The van der Waals surface area contributed by atoms with Crippen molar-refractivity contribution < 1.29 is 9.59 Å². The molecule has 0 saturated heterocycles. The maximum absolute atomic E-state index is 11.6. The molecule has 4 nitrogen and oxygen atoms in total. The number of carbonyl (C=O) groups excluding carboxylic acids is 2. The maximum atomic E-state index is 11.6. The molecule has 0 unspecified atom stereocenters. The van der Waals surface area contributed by atoms with Crippen LogP contribution < -0.4 is 10.6 Å². The number of rotatable bonds is 2. The molecule has 88 valence electrons. The molecule has 1 aromatic rings. The molecule has 2 aliphatic rings.